The minimum atomic E-state index is -4.43. The van der Waals surface area contributed by atoms with E-state index >= 15 is 0 Å². The SMILES string of the molecule is Bc1cc(C(=O)Nc2cccc(C(F)(F)F)c2)ccc1C. The average molecular weight is 291 g/mol. The van der Waals surface area contributed by atoms with E-state index in [4.69, 9.17) is 0 Å². The number of hydrogen-bond acceptors (Lipinski definition) is 1. The van der Waals surface area contributed by atoms with Crippen LogP contribution >= 0.6 is 0 Å². The minimum absolute atomic E-state index is 0.119. The van der Waals surface area contributed by atoms with E-state index < -0.39 is 17.6 Å². The van der Waals surface area contributed by atoms with E-state index in [1.54, 1.807) is 18.2 Å². The number of benzene rings is 2. The van der Waals surface area contributed by atoms with E-state index in [1.165, 1.54) is 12.1 Å². The van der Waals surface area contributed by atoms with Crippen LogP contribution in [-0.2, 0) is 6.18 Å². The molecule has 1 amide bonds. The van der Waals surface area contributed by atoms with Crippen LogP contribution in [-0.4, -0.2) is 13.8 Å². The molecule has 0 aliphatic rings. The van der Waals surface area contributed by atoms with Crippen molar-refractivity contribution in [2.24, 2.45) is 0 Å². The molecule has 1 N–H and O–H groups in total. The van der Waals surface area contributed by atoms with E-state index in [-0.39, 0.29) is 5.69 Å². The summed E-state index contributed by atoms with van der Waals surface area (Å²) in [6, 6.07) is 9.72. The molecule has 0 aromatic heterocycles. The molecule has 0 aliphatic carbocycles. The van der Waals surface area contributed by atoms with Gasteiger partial charge in [0.25, 0.3) is 5.91 Å². The number of nitrogens with one attached hydrogen (secondary N) is 1. The zero-order valence-corrected chi connectivity index (χ0v) is 11.6. The first kappa shape index (κ1) is 15.2. The smallest absolute Gasteiger partial charge is 0.322 e. The Kier molecular flexibility index (Phi) is 4.07. The molecule has 0 radical (unpaired) electrons. The highest BCUT2D eigenvalue weighted by molar-refractivity contribution is 6.33. The number of halogens is 3. The molecule has 2 aromatic carbocycles. The molecular formula is C15H13BF3NO. The summed E-state index contributed by atoms with van der Waals surface area (Å²) in [4.78, 5) is 12.0. The van der Waals surface area contributed by atoms with Gasteiger partial charge in [0.2, 0.25) is 0 Å². The summed E-state index contributed by atoms with van der Waals surface area (Å²) in [6.07, 6.45) is -4.43. The summed E-state index contributed by atoms with van der Waals surface area (Å²) in [5, 5.41) is 2.48. The van der Waals surface area contributed by atoms with Crippen molar-refractivity contribution in [2.75, 3.05) is 5.32 Å². The molecule has 0 heterocycles. The van der Waals surface area contributed by atoms with Crippen LogP contribution in [0.3, 0.4) is 0 Å². The third-order valence-corrected chi connectivity index (χ3v) is 3.22. The molecule has 0 spiro atoms. The molecular weight excluding hydrogens is 278 g/mol. The molecule has 0 aliphatic heterocycles. The summed E-state index contributed by atoms with van der Waals surface area (Å²) in [5.41, 5.74) is 1.74. The van der Waals surface area contributed by atoms with Gasteiger partial charge < -0.3 is 5.32 Å². The first-order valence-electron chi connectivity index (χ1n) is 6.33. The van der Waals surface area contributed by atoms with Crippen molar-refractivity contribution in [3.05, 3.63) is 59.2 Å². The molecule has 0 saturated heterocycles. The van der Waals surface area contributed by atoms with Crippen LogP contribution in [0.25, 0.3) is 0 Å². The van der Waals surface area contributed by atoms with Gasteiger partial charge >= 0.3 is 6.18 Å². The Morgan fingerprint density at radius 2 is 1.86 bits per heavy atom. The lowest BCUT2D eigenvalue weighted by Gasteiger charge is -2.10. The number of alkyl halides is 3. The fourth-order valence-electron chi connectivity index (χ4n) is 1.86. The largest absolute Gasteiger partial charge is 0.416 e. The Morgan fingerprint density at radius 1 is 1.14 bits per heavy atom. The Bertz CT molecular complexity index is 683. The van der Waals surface area contributed by atoms with Crippen molar-refractivity contribution in [3.8, 4) is 0 Å². The predicted molar refractivity (Wildman–Crippen MR) is 78.8 cm³/mol. The highest BCUT2D eigenvalue weighted by Crippen LogP contribution is 2.30. The first-order chi connectivity index (χ1) is 9.77. The lowest BCUT2D eigenvalue weighted by molar-refractivity contribution is -0.137. The van der Waals surface area contributed by atoms with Crippen LogP contribution < -0.4 is 10.8 Å². The van der Waals surface area contributed by atoms with Crippen LogP contribution in [0, 0.1) is 6.92 Å². The topological polar surface area (TPSA) is 29.1 Å². The highest BCUT2D eigenvalue weighted by atomic mass is 19.4. The molecule has 2 aromatic rings. The van der Waals surface area contributed by atoms with Crippen molar-refractivity contribution in [2.45, 2.75) is 13.1 Å². The van der Waals surface area contributed by atoms with Crippen LogP contribution in [0.2, 0.25) is 0 Å². The molecule has 21 heavy (non-hydrogen) atoms. The van der Waals surface area contributed by atoms with Gasteiger partial charge in [-0.3, -0.25) is 4.79 Å². The van der Waals surface area contributed by atoms with Crippen molar-refractivity contribution in [3.63, 3.8) is 0 Å². The van der Waals surface area contributed by atoms with E-state index in [0.717, 1.165) is 23.2 Å². The monoisotopic (exact) mass is 291 g/mol. The molecule has 108 valence electrons. The summed E-state index contributed by atoms with van der Waals surface area (Å²) in [5.74, 6) is -0.433. The summed E-state index contributed by atoms with van der Waals surface area (Å²) >= 11 is 0. The second-order valence-electron chi connectivity index (χ2n) is 4.83. The van der Waals surface area contributed by atoms with Crippen molar-refractivity contribution in [1.82, 2.24) is 0 Å². The average Bonchev–Trinajstić information content (AvgIpc) is 2.41. The number of amides is 1. The second kappa shape index (κ2) is 5.64. The van der Waals surface area contributed by atoms with Gasteiger partial charge in [0.05, 0.1) is 5.56 Å². The number of carbonyl (C=O) groups is 1. The third-order valence-electron chi connectivity index (χ3n) is 3.22. The normalized spacial score (nSPS) is 11.2. The lowest BCUT2D eigenvalue weighted by Crippen LogP contribution is -2.16. The highest BCUT2D eigenvalue weighted by Gasteiger charge is 2.30. The second-order valence-corrected chi connectivity index (χ2v) is 4.83. The van der Waals surface area contributed by atoms with Gasteiger partial charge in [0, 0.05) is 11.3 Å². The summed E-state index contributed by atoms with van der Waals surface area (Å²) in [7, 11) is 1.87. The maximum Gasteiger partial charge on any atom is 0.416 e. The van der Waals surface area contributed by atoms with E-state index in [1.807, 2.05) is 14.8 Å². The summed E-state index contributed by atoms with van der Waals surface area (Å²) < 4.78 is 37.8. The lowest BCUT2D eigenvalue weighted by atomic mass is 9.89. The van der Waals surface area contributed by atoms with Crippen LogP contribution in [0.1, 0.15) is 21.5 Å². The van der Waals surface area contributed by atoms with Gasteiger partial charge in [-0.2, -0.15) is 13.2 Å². The van der Waals surface area contributed by atoms with E-state index in [0.29, 0.717) is 5.56 Å². The molecule has 2 nitrogen and oxygen atoms in total. The zero-order valence-electron chi connectivity index (χ0n) is 11.6. The number of aryl methyl sites for hydroxylation is 1. The van der Waals surface area contributed by atoms with Gasteiger partial charge in [-0.05, 0) is 31.2 Å². The Hall–Kier alpha value is -2.24. The van der Waals surface area contributed by atoms with Gasteiger partial charge in [-0.15, -0.1) is 0 Å². The van der Waals surface area contributed by atoms with Crippen molar-refractivity contribution in [1.29, 1.82) is 0 Å². The van der Waals surface area contributed by atoms with E-state index in [9.17, 15) is 18.0 Å². The maximum absolute atomic E-state index is 12.6. The van der Waals surface area contributed by atoms with Gasteiger partial charge in [-0.1, -0.05) is 29.2 Å². The zero-order chi connectivity index (χ0) is 15.6. The molecule has 0 fully saturated rings. The molecule has 0 bridgehead atoms. The number of anilines is 1. The fourth-order valence-corrected chi connectivity index (χ4v) is 1.86. The number of rotatable bonds is 2. The summed E-state index contributed by atoms with van der Waals surface area (Å²) in [6.45, 7) is 1.92. The molecule has 0 unspecified atom stereocenters. The predicted octanol–water partition coefficient (Wildman–Crippen LogP) is 2.52. The third kappa shape index (κ3) is 3.65. The van der Waals surface area contributed by atoms with Gasteiger partial charge in [0.15, 0.2) is 0 Å². The van der Waals surface area contributed by atoms with Crippen LogP contribution in [0.5, 0.6) is 0 Å². The van der Waals surface area contributed by atoms with Gasteiger partial charge in [0.1, 0.15) is 7.85 Å². The molecule has 2 rings (SSSR count). The quantitative estimate of drug-likeness (QED) is 0.846. The minimum Gasteiger partial charge on any atom is -0.322 e. The van der Waals surface area contributed by atoms with Gasteiger partial charge in [-0.25, -0.2) is 0 Å². The molecule has 0 saturated carbocycles. The van der Waals surface area contributed by atoms with Crippen molar-refractivity contribution < 1.29 is 18.0 Å². The Morgan fingerprint density at radius 3 is 2.48 bits per heavy atom. The van der Waals surface area contributed by atoms with E-state index in [2.05, 4.69) is 5.32 Å². The number of hydrogen-bond donors (Lipinski definition) is 1. The fraction of sp³-hybridized carbons (Fsp3) is 0.133. The Labute approximate surface area is 121 Å². The van der Waals surface area contributed by atoms with Crippen molar-refractivity contribution >= 4 is 24.9 Å². The Balaban J connectivity index is 2.21. The maximum atomic E-state index is 12.6. The number of carbonyl (C=O) groups excluding carboxylic acids is 1. The first-order valence-corrected chi connectivity index (χ1v) is 6.33. The van der Waals surface area contributed by atoms with Crippen LogP contribution in [0.4, 0.5) is 18.9 Å². The van der Waals surface area contributed by atoms with Crippen LogP contribution in [0.15, 0.2) is 42.5 Å². The standard InChI is InChI=1S/C15H13BF3NO/c1-9-5-6-10(7-13(9)16)14(21)20-12-4-2-3-11(8-12)15(17,18)19/h2-8H,16H2,1H3,(H,20,21). The molecule has 0 atom stereocenters. The molecule has 6 heteroatoms.